The lowest BCUT2D eigenvalue weighted by Crippen LogP contribution is -2.39. The van der Waals surface area contributed by atoms with Crippen LogP contribution in [-0.4, -0.2) is 25.7 Å². The third-order valence-corrected chi connectivity index (χ3v) is 2.86. The minimum atomic E-state index is -2.84. The Bertz CT molecular complexity index is 496. The second-order valence-electron chi connectivity index (χ2n) is 5.46. The van der Waals surface area contributed by atoms with Crippen LogP contribution in [0.25, 0.3) is 0 Å². The van der Waals surface area contributed by atoms with Crippen molar-refractivity contribution in [2.75, 3.05) is 13.1 Å². The lowest BCUT2D eigenvalue weighted by atomic mass is 10.1. The first kappa shape index (κ1) is 21.9. The summed E-state index contributed by atoms with van der Waals surface area (Å²) in [6.07, 6.45) is 0. The molecule has 0 heterocycles. The van der Waals surface area contributed by atoms with Crippen LogP contribution in [0.4, 0.5) is 8.78 Å². The summed E-state index contributed by atoms with van der Waals surface area (Å²) < 4.78 is 29.4. The molecule has 23 heavy (non-hydrogen) atoms. The number of nitrogens with zero attached hydrogens (tertiary/aromatic N) is 1. The number of aryl methyl sites for hydroxylation is 1. The van der Waals surface area contributed by atoms with Gasteiger partial charge in [0.1, 0.15) is 5.75 Å². The van der Waals surface area contributed by atoms with Crippen molar-refractivity contribution in [1.29, 1.82) is 0 Å². The van der Waals surface area contributed by atoms with Gasteiger partial charge in [0, 0.05) is 18.7 Å². The monoisotopic (exact) mass is 441 g/mol. The van der Waals surface area contributed by atoms with E-state index in [-0.39, 0.29) is 36.3 Å². The third-order valence-electron chi connectivity index (χ3n) is 2.86. The normalized spacial score (nSPS) is 11.4. The molecule has 0 spiro atoms. The fourth-order valence-electron chi connectivity index (χ4n) is 1.85. The van der Waals surface area contributed by atoms with Gasteiger partial charge in [-0.15, -0.1) is 24.0 Å². The highest BCUT2D eigenvalue weighted by atomic mass is 127. The molecular formula is C16H26F2IN3O. The summed E-state index contributed by atoms with van der Waals surface area (Å²) in [5, 5.41) is 6.35. The predicted molar refractivity (Wildman–Crippen MR) is 101 cm³/mol. The topological polar surface area (TPSA) is 45.7 Å². The average Bonchev–Trinajstić information content (AvgIpc) is 2.44. The van der Waals surface area contributed by atoms with Crippen molar-refractivity contribution >= 4 is 29.9 Å². The molecule has 132 valence electrons. The zero-order valence-corrected chi connectivity index (χ0v) is 16.4. The first-order valence-electron chi connectivity index (χ1n) is 7.48. The van der Waals surface area contributed by atoms with Crippen LogP contribution in [0.2, 0.25) is 0 Å². The Balaban J connectivity index is 0.00000484. The summed E-state index contributed by atoms with van der Waals surface area (Å²) in [5.74, 6) is 1.32. The van der Waals surface area contributed by atoms with Crippen molar-refractivity contribution in [2.45, 2.75) is 40.9 Å². The van der Waals surface area contributed by atoms with Gasteiger partial charge >= 0.3 is 6.61 Å². The second kappa shape index (κ2) is 11.4. The third kappa shape index (κ3) is 8.92. The van der Waals surface area contributed by atoms with Gasteiger partial charge in [-0.1, -0.05) is 31.5 Å². The molecule has 0 saturated carbocycles. The van der Waals surface area contributed by atoms with Crippen molar-refractivity contribution in [2.24, 2.45) is 10.9 Å². The number of rotatable bonds is 7. The van der Waals surface area contributed by atoms with Gasteiger partial charge < -0.3 is 15.4 Å². The molecule has 7 heteroatoms. The van der Waals surface area contributed by atoms with E-state index in [2.05, 4.69) is 34.2 Å². The Kier molecular flexibility index (Phi) is 10.9. The molecule has 0 atom stereocenters. The van der Waals surface area contributed by atoms with Crippen LogP contribution in [0.5, 0.6) is 5.75 Å². The van der Waals surface area contributed by atoms with E-state index in [1.54, 1.807) is 12.1 Å². The molecule has 1 aromatic carbocycles. The highest BCUT2D eigenvalue weighted by Crippen LogP contribution is 2.22. The quantitative estimate of drug-likeness (QED) is 0.383. The molecular weight excluding hydrogens is 415 g/mol. The number of benzene rings is 1. The van der Waals surface area contributed by atoms with E-state index in [1.807, 2.05) is 19.9 Å². The molecule has 1 rings (SSSR count). The molecule has 0 aromatic heterocycles. The van der Waals surface area contributed by atoms with Crippen molar-refractivity contribution in [3.8, 4) is 5.75 Å². The van der Waals surface area contributed by atoms with Crippen LogP contribution < -0.4 is 15.4 Å². The molecule has 2 N–H and O–H groups in total. The van der Waals surface area contributed by atoms with Gasteiger partial charge in [0.25, 0.3) is 0 Å². The van der Waals surface area contributed by atoms with E-state index in [1.165, 1.54) is 0 Å². The Morgan fingerprint density at radius 3 is 2.52 bits per heavy atom. The molecule has 0 bridgehead atoms. The van der Waals surface area contributed by atoms with E-state index in [0.29, 0.717) is 17.4 Å². The Hall–Kier alpha value is -1.12. The highest BCUT2D eigenvalue weighted by molar-refractivity contribution is 14.0. The average molecular weight is 441 g/mol. The van der Waals surface area contributed by atoms with Crippen molar-refractivity contribution in [3.05, 3.63) is 29.3 Å². The standard InChI is InChI=1S/C16H25F2N3O.HI/c1-5-19-16(20-9-11(2)3)21-10-13-8-12(4)6-7-14(13)22-15(17)18;/h6-8,11,15H,5,9-10H2,1-4H3,(H2,19,20,21);1H. The number of hydrogen-bond acceptors (Lipinski definition) is 2. The SMILES string of the molecule is CCNC(=NCc1cc(C)ccc1OC(F)F)NCC(C)C.I. The zero-order chi connectivity index (χ0) is 16.5. The second-order valence-corrected chi connectivity index (χ2v) is 5.46. The highest BCUT2D eigenvalue weighted by Gasteiger charge is 2.10. The van der Waals surface area contributed by atoms with E-state index >= 15 is 0 Å². The molecule has 0 aliphatic heterocycles. The maximum absolute atomic E-state index is 12.4. The number of aliphatic imine (C=N–C) groups is 1. The number of guanidine groups is 1. The van der Waals surface area contributed by atoms with Gasteiger partial charge in [0.2, 0.25) is 0 Å². The van der Waals surface area contributed by atoms with Crippen molar-refractivity contribution in [3.63, 3.8) is 0 Å². The van der Waals surface area contributed by atoms with Crippen LogP contribution >= 0.6 is 24.0 Å². The van der Waals surface area contributed by atoms with Gasteiger partial charge in [-0.25, -0.2) is 4.99 Å². The van der Waals surface area contributed by atoms with Gasteiger partial charge in [-0.2, -0.15) is 8.78 Å². The number of alkyl halides is 2. The van der Waals surface area contributed by atoms with Crippen molar-refractivity contribution in [1.82, 2.24) is 10.6 Å². The molecule has 0 saturated heterocycles. The van der Waals surface area contributed by atoms with Gasteiger partial charge in [0.15, 0.2) is 5.96 Å². The first-order chi connectivity index (χ1) is 10.4. The first-order valence-corrected chi connectivity index (χ1v) is 7.48. The molecule has 0 fully saturated rings. The number of ether oxygens (including phenoxy) is 1. The molecule has 0 radical (unpaired) electrons. The molecule has 0 aliphatic rings. The van der Waals surface area contributed by atoms with E-state index in [0.717, 1.165) is 18.7 Å². The molecule has 0 aliphatic carbocycles. The zero-order valence-electron chi connectivity index (χ0n) is 14.0. The Morgan fingerprint density at radius 1 is 1.26 bits per heavy atom. The maximum atomic E-state index is 12.4. The van der Waals surface area contributed by atoms with Crippen LogP contribution in [0.3, 0.4) is 0 Å². The fraction of sp³-hybridized carbons (Fsp3) is 0.562. The summed E-state index contributed by atoms with van der Waals surface area (Å²) in [6, 6.07) is 5.11. The molecule has 0 amide bonds. The molecule has 1 aromatic rings. The van der Waals surface area contributed by atoms with Crippen LogP contribution in [-0.2, 0) is 6.54 Å². The summed E-state index contributed by atoms with van der Waals surface area (Å²) in [6.45, 7) is 7.05. The lowest BCUT2D eigenvalue weighted by Gasteiger charge is -2.14. The van der Waals surface area contributed by atoms with E-state index in [9.17, 15) is 8.78 Å². The van der Waals surface area contributed by atoms with E-state index < -0.39 is 6.61 Å². The molecule has 4 nitrogen and oxygen atoms in total. The molecule has 0 unspecified atom stereocenters. The lowest BCUT2D eigenvalue weighted by molar-refractivity contribution is -0.0504. The minimum absolute atomic E-state index is 0. The van der Waals surface area contributed by atoms with Crippen molar-refractivity contribution < 1.29 is 13.5 Å². The van der Waals surface area contributed by atoms with Crippen LogP contribution in [0, 0.1) is 12.8 Å². The Morgan fingerprint density at radius 2 is 1.96 bits per heavy atom. The number of nitrogens with one attached hydrogen (secondary N) is 2. The van der Waals surface area contributed by atoms with Gasteiger partial charge in [-0.05, 0) is 25.8 Å². The fourth-order valence-corrected chi connectivity index (χ4v) is 1.85. The number of hydrogen-bond donors (Lipinski definition) is 2. The van der Waals surface area contributed by atoms with E-state index in [4.69, 9.17) is 0 Å². The summed E-state index contributed by atoms with van der Waals surface area (Å²) in [4.78, 5) is 4.43. The van der Waals surface area contributed by atoms with Crippen LogP contribution in [0.15, 0.2) is 23.2 Å². The van der Waals surface area contributed by atoms with Crippen LogP contribution in [0.1, 0.15) is 31.9 Å². The van der Waals surface area contributed by atoms with Gasteiger partial charge in [0.05, 0.1) is 6.54 Å². The summed E-state index contributed by atoms with van der Waals surface area (Å²) in [7, 11) is 0. The minimum Gasteiger partial charge on any atom is -0.434 e. The maximum Gasteiger partial charge on any atom is 0.387 e. The predicted octanol–water partition coefficient (Wildman–Crippen LogP) is 3.93. The Labute approximate surface area is 154 Å². The smallest absolute Gasteiger partial charge is 0.387 e. The number of halogens is 3. The summed E-state index contributed by atoms with van der Waals surface area (Å²) in [5.41, 5.74) is 1.62. The van der Waals surface area contributed by atoms with Gasteiger partial charge in [-0.3, -0.25) is 0 Å². The largest absolute Gasteiger partial charge is 0.434 e. The summed E-state index contributed by atoms with van der Waals surface area (Å²) >= 11 is 0.